The first-order valence-electron chi connectivity index (χ1n) is 9.56. The van der Waals surface area contributed by atoms with E-state index in [0.29, 0.717) is 17.6 Å². The predicted molar refractivity (Wildman–Crippen MR) is 114 cm³/mol. The van der Waals surface area contributed by atoms with Gasteiger partial charge in [0, 0.05) is 30.5 Å². The number of carboxylic acid groups (broad SMARTS) is 1. The third kappa shape index (κ3) is 6.59. The molecule has 12 heteroatoms. The first-order valence-corrected chi connectivity index (χ1v) is 9.56. The van der Waals surface area contributed by atoms with Crippen molar-refractivity contribution >= 4 is 40.4 Å². The van der Waals surface area contributed by atoms with Gasteiger partial charge in [0.15, 0.2) is 0 Å². The van der Waals surface area contributed by atoms with Crippen molar-refractivity contribution in [2.24, 2.45) is 0 Å². The maximum atomic E-state index is 11.6. The number of carbonyl (C=O) groups is 2. The van der Waals surface area contributed by atoms with Gasteiger partial charge in [0.2, 0.25) is 5.95 Å². The van der Waals surface area contributed by atoms with Crippen LogP contribution >= 0.6 is 0 Å². The summed E-state index contributed by atoms with van der Waals surface area (Å²) in [6.45, 7) is 4.24. The highest BCUT2D eigenvalue weighted by Crippen LogP contribution is 2.24. The SMILES string of the molecule is CC[C@@H](C)Nc1nc(Nc2ccc(C(=O)NC)cc2)nc2[nH]ccc12.O=C(O)C(F)(F)F. The van der Waals surface area contributed by atoms with Crippen molar-refractivity contribution in [3.05, 3.63) is 42.1 Å². The van der Waals surface area contributed by atoms with E-state index in [1.54, 1.807) is 19.2 Å². The molecule has 0 saturated carbocycles. The highest BCUT2D eigenvalue weighted by Gasteiger charge is 2.38. The standard InChI is InChI=1S/C18H22N6O.C2HF3O2/c1-4-11(2)21-16-14-9-10-20-15(14)23-18(24-16)22-13-7-5-12(6-8-13)17(25)19-3;3-2(4,5)1(6)7/h5-11H,4H2,1-3H3,(H,19,25)(H3,20,21,22,23,24);(H,6,7)/t11-;/m1./s1. The fourth-order valence-corrected chi connectivity index (χ4v) is 2.42. The van der Waals surface area contributed by atoms with E-state index in [0.717, 1.165) is 29.0 Å². The summed E-state index contributed by atoms with van der Waals surface area (Å²) in [5, 5.41) is 17.3. The second-order valence-electron chi connectivity index (χ2n) is 6.67. The zero-order valence-electron chi connectivity index (χ0n) is 17.5. The highest BCUT2D eigenvalue weighted by atomic mass is 19.4. The van der Waals surface area contributed by atoms with Crippen LogP contribution in [-0.4, -0.2) is 51.2 Å². The summed E-state index contributed by atoms with van der Waals surface area (Å²) in [7, 11) is 1.61. The first kappa shape index (κ1) is 24.4. The van der Waals surface area contributed by atoms with Crippen molar-refractivity contribution in [1.29, 1.82) is 0 Å². The minimum atomic E-state index is -5.08. The van der Waals surface area contributed by atoms with E-state index in [-0.39, 0.29) is 5.91 Å². The Morgan fingerprint density at radius 3 is 2.31 bits per heavy atom. The van der Waals surface area contributed by atoms with Crippen molar-refractivity contribution in [2.45, 2.75) is 32.5 Å². The van der Waals surface area contributed by atoms with Gasteiger partial charge >= 0.3 is 12.1 Å². The van der Waals surface area contributed by atoms with Crippen molar-refractivity contribution in [3.63, 3.8) is 0 Å². The van der Waals surface area contributed by atoms with E-state index in [1.807, 2.05) is 24.4 Å². The third-order valence-corrected chi connectivity index (χ3v) is 4.28. The molecule has 0 unspecified atom stereocenters. The smallest absolute Gasteiger partial charge is 0.475 e. The summed E-state index contributed by atoms with van der Waals surface area (Å²) in [6, 6.07) is 9.44. The van der Waals surface area contributed by atoms with Crippen molar-refractivity contribution in [1.82, 2.24) is 20.3 Å². The van der Waals surface area contributed by atoms with Crippen LogP contribution in [0.2, 0.25) is 0 Å². The lowest BCUT2D eigenvalue weighted by atomic mass is 10.2. The number of fused-ring (bicyclic) bond motifs is 1. The topological polar surface area (TPSA) is 132 Å². The quantitative estimate of drug-likeness (QED) is 0.383. The van der Waals surface area contributed by atoms with Gasteiger partial charge in [-0.3, -0.25) is 4.79 Å². The van der Waals surface area contributed by atoms with Gasteiger partial charge in [0.05, 0.1) is 5.39 Å². The lowest BCUT2D eigenvalue weighted by Crippen LogP contribution is -2.21. The van der Waals surface area contributed by atoms with Crippen molar-refractivity contribution < 1.29 is 27.9 Å². The molecule has 0 aliphatic heterocycles. The fourth-order valence-electron chi connectivity index (χ4n) is 2.42. The van der Waals surface area contributed by atoms with Gasteiger partial charge in [-0.2, -0.15) is 23.1 Å². The number of halogens is 3. The predicted octanol–water partition coefficient (Wildman–Crippen LogP) is 3.90. The van der Waals surface area contributed by atoms with Gasteiger partial charge in [-0.05, 0) is 43.7 Å². The molecule has 0 aliphatic rings. The van der Waals surface area contributed by atoms with Crippen LogP contribution < -0.4 is 16.0 Å². The Balaban J connectivity index is 0.000000451. The molecule has 1 amide bonds. The molecule has 0 bridgehead atoms. The zero-order valence-corrected chi connectivity index (χ0v) is 17.5. The molecule has 1 aromatic carbocycles. The lowest BCUT2D eigenvalue weighted by Gasteiger charge is -2.14. The normalized spacial score (nSPS) is 11.8. The highest BCUT2D eigenvalue weighted by molar-refractivity contribution is 5.94. The molecule has 0 aliphatic carbocycles. The average Bonchev–Trinajstić information content (AvgIpc) is 3.22. The summed E-state index contributed by atoms with van der Waals surface area (Å²) in [4.78, 5) is 32.7. The maximum Gasteiger partial charge on any atom is 0.490 e. The Morgan fingerprint density at radius 2 is 1.78 bits per heavy atom. The minimum Gasteiger partial charge on any atom is -0.475 e. The van der Waals surface area contributed by atoms with Crippen LogP contribution in [0.4, 0.5) is 30.6 Å². The Kier molecular flexibility index (Phi) is 7.99. The molecule has 3 rings (SSSR count). The molecular weight excluding hydrogens is 429 g/mol. The number of anilines is 3. The van der Waals surface area contributed by atoms with E-state index < -0.39 is 12.1 Å². The number of hydrogen-bond acceptors (Lipinski definition) is 6. The van der Waals surface area contributed by atoms with Gasteiger partial charge in [-0.25, -0.2) is 4.79 Å². The molecule has 5 N–H and O–H groups in total. The molecule has 0 fully saturated rings. The van der Waals surface area contributed by atoms with Crippen molar-refractivity contribution in [2.75, 3.05) is 17.7 Å². The molecule has 32 heavy (non-hydrogen) atoms. The largest absolute Gasteiger partial charge is 0.490 e. The number of benzene rings is 1. The summed E-state index contributed by atoms with van der Waals surface area (Å²) < 4.78 is 31.7. The third-order valence-electron chi connectivity index (χ3n) is 4.28. The maximum absolute atomic E-state index is 11.6. The second kappa shape index (κ2) is 10.5. The number of nitrogens with one attached hydrogen (secondary N) is 4. The van der Waals surface area contributed by atoms with E-state index >= 15 is 0 Å². The monoisotopic (exact) mass is 452 g/mol. The van der Waals surface area contributed by atoms with Gasteiger partial charge in [0.1, 0.15) is 11.5 Å². The number of hydrogen-bond donors (Lipinski definition) is 5. The first-order chi connectivity index (χ1) is 15.0. The fraction of sp³-hybridized carbons (Fsp3) is 0.300. The molecule has 9 nitrogen and oxygen atoms in total. The Morgan fingerprint density at radius 1 is 1.16 bits per heavy atom. The lowest BCUT2D eigenvalue weighted by molar-refractivity contribution is -0.192. The van der Waals surface area contributed by atoms with E-state index in [2.05, 4.69) is 44.7 Å². The molecule has 0 radical (unpaired) electrons. The molecular formula is C20H23F3N6O3. The molecule has 1 atom stereocenters. The Bertz CT molecular complexity index is 1070. The number of carbonyl (C=O) groups excluding carboxylic acids is 1. The molecule has 2 heterocycles. The summed E-state index contributed by atoms with van der Waals surface area (Å²) in [6.07, 6.45) is -2.23. The second-order valence-corrected chi connectivity index (χ2v) is 6.67. The van der Waals surface area contributed by atoms with Crippen LogP contribution in [0.3, 0.4) is 0 Å². The molecule has 0 spiro atoms. The minimum absolute atomic E-state index is 0.115. The van der Waals surface area contributed by atoms with Gasteiger partial charge < -0.3 is 26.0 Å². The van der Waals surface area contributed by atoms with Crippen LogP contribution in [0.15, 0.2) is 36.5 Å². The van der Waals surface area contributed by atoms with Crippen molar-refractivity contribution in [3.8, 4) is 0 Å². The number of rotatable bonds is 6. The van der Waals surface area contributed by atoms with E-state index in [1.165, 1.54) is 0 Å². The molecule has 2 aromatic heterocycles. The van der Waals surface area contributed by atoms with E-state index in [9.17, 15) is 18.0 Å². The van der Waals surface area contributed by atoms with Gasteiger partial charge in [0.25, 0.3) is 5.91 Å². The Hall–Kier alpha value is -3.83. The number of aliphatic carboxylic acids is 1. The number of alkyl halides is 3. The summed E-state index contributed by atoms with van der Waals surface area (Å²) in [5.41, 5.74) is 2.19. The van der Waals surface area contributed by atoms with Crippen LogP contribution in [-0.2, 0) is 4.79 Å². The number of amides is 1. The number of aromatic amines is 1. The zero-order chi connectivity index (χ0) is 23.9. The van der Waals surface area contributed by atoms with Crippen LogP contribution in [0.25, 0.3) is 11.0 Å². The number of carboxylic acids is 1. The number of H-pyrrole nitrogens is 1. The van der Waals surface area contributed by atoms with Crippen LogP contribution in [0.1, 0.15) is 30.6 Å². The number of aromatic nitrogens is 3. The van der Waals surface area contributed by atoms with E-state index in [4.69, 9.17) is 9.90 Å². The summed E-state index contributed by atoms with van der Waals surface area (Å²) in [5.74, 6) is -1.58. The summed E-state index contributed by atoms with van der Waals surface area (Å²) >= 11 is 0. The molecule has 0 saturated heterocycles. The molecule has 3 aromatic rings. The van der Waals surface area contributed by atoms with Gasteiger partial charge in [-0.15, -0.1) is 0 Å². The Labute approximate surface area is 181 Å². The average molecular weight is 452 g/mol. The van der Waals surface area contributed by atoms with Crippen LogP contribution in [0, 0.1) is 0 Å². The van der Waals surface area contributed by atoms with Gasteiger partial charge in [-0.1, -0.05) is 6.92 Å². The number of nitrogens with zero attached hydrogens (tertiary/aromatic N) is 2. The van der Waals surface area contributed by atoms with Crippen LogP contribution in [0.5, 0.6) is 0 Å². The molecule has 172 valence electrons.